The van der Waals surface area contributed by atoms with Crippen LogP contribution in [0, 0.1) is 13.8 Å². The van der Waals surface area contributed by atoms with Gasteiger partial charge in [-0.3, -0.25) is 9.97 Å². The van der Waals surface area contributed by atoms with E-state index in [1.807, 2.05) is 23.2 Å². The second-order valence-electron chi connectivity index (χ2n) is 7.68. The van der Waals surface area contributed by atoms with E-state index < -0.39 is 0 Å². The molecule has 0 aliphatic carbocycles. The van der Waals surface area contributed by atoms with Crippen molar-refractivity contribution in [3.05, 3.63) is 46.4 Å². The zero-order chi connectivity index (χ0) is 21.7. The summed E-state index contributed by atoms with van der Waals surface area (Å²) < 4.78 is 23.1. The molecule has 0 bridgehead atoms. The summed E-state index contributed by atoms with van der Waals surface area (Å²) in [5.74, 6) is 3.28. The highest BCUT2D eigenvalue weighted by Crippen LogP contribution is 2.48. The molecule has 0 unspecified atom stereocenters. The molecule has 6 heterocycles. The number of pyridine rings is 2. The molecule has 0 saturated carbocycles. The zero-order valence-electron chi connectivity index (χ0n) is 17.6. The summed E-state index contributed by atoms with van der Waals surface area (Å²) in [5.41, 5.74) is 6.04. The van der Waals surface area contributed by atoms with E-state index in [-0.39, 0.29) is 0 Å². The maximum Gasteiger partial charge on any atom is 0.180 e. The lowest BCUT2D eigenvalue weighted by Gasteiger charge is -2.17. The molecule has 2 aliphatic rings. The Kier molecular flexibility index (Phi) is 4.77. The predicted molar refractivity (Wildman–Crippen MR) is 126 cm³/mol. The number of fused-ring (bicyclic) bond motifs is 2. The van der Waals surface area contributed by atoms with Crippen LogP contribution in [0.3, 0.4) is 0 Å². The van der Waals surface area contributed by atoms with Crippen LogP contribution in [0.1, 0.15) is 11.1 Å². The number of ether oxygens (including phenoxy) is 4. The highest BCUT2D eigenvalue weighted by Gasteiger charge is 2.23. The number of aryl methyl sites for hydroxylation is 2. The van der Waals surface area contributed by atoms with E-state index in [1.165, 1.54) is 0 Å². The highest BCUT2D eigenvalue weighted by molar-refractivity contribution is 7.14. The first-order valence-electron chi connectivity index (χ1n) is 10.4. The monoisotopic (exact) mass is 464 g/mol. The number of aromatic nitrogens is 2. The van der Waals surface area contributed by atoms with Crippen molar-refractivity contribution in [2.24, 2.45) is 0 Å². The minimum atomic E-state index is 0.571. The Bertz CT molecular complexity index is 1230. The van der Waals surface area contributed by atoms with Crippen LogP contribution in [0.5, 0.6) is 23.0 Å². The van der Waals surface area contributed by atoms with Gasteiger partial charge in [-0.2, -0.15) is 0 Å². The van der Waals surface area contributed by atoms with Gasteiger partial charge < -0.3 is 18.9 Å². The van der Waals surface area contributed by atoms with Crippen LogP contribution in [0.4, 0.5) is 0 Å². The second-order valence-corrected chi connectivity index (χ2v) is 9.44. The van der Waals surface area contributed by atoms with Gasteiger partial charge in [-0.15, -0.1) is 22.7 Å². The fraction of sp³-hybridized carbons (Fsp3) is 0.250. The van der Waals surface area contributed by atoms with Gasteiger partial charge in [0.15, 0.2) is 23.0 Å². The standard InChI is InChI=1S/C24H20N2O4S2/c1-13-7-17(25-9-15(13)23-21-19(11-31-23)27-3-5-29-21)18-8-14(2)16(10-26-18)24-22-20(12-32-24)28-4-6-30-22/h7-12H,3-6H2,1-2H3. The van der Waals surface area contributed by atoms with E-state index in [0.29, 0.717) is 26.4 Å². The van der Waals surface area contributed by atoms with Crippen molar-refractivity contribution in [2.75, 3.05) is 26.4 Å². The van der Waals surface area contributed by atoms with E-state index in [1.54, 1.807) is 22.7 Å². The number of nitrogens with zero attached hydrogens (tertiary/aromatic N) is 2. The molecule has 2 aliphatic heterocycles. The molecule has 0 saturated heterocycles. The van der Waals surface area contributed by atoms with Gasteiger partial charge in [0.05, 0.1) is 21.1 Å². The van der Waals surface area contributed by atoms with E-state index in [0.717, 1.165) is 66.4 Å². The molecule has 4 aromatic heterocycles. The minimum absolute atomic E-state index is 0.571. The lowest BCUT2D eigenvalue weighted by Crippen LogP contribution is -2.14. The smallest absolute Gasteiger partial charge is 0.180 e. The van der Waals surface area contributed by atoms with Crippen LogP contribution in [0.15, 0.2) is 35.3 Å². The fourth-order valence-corrected chi connectivity index (χ4v) is 5.98. The average molecular weight is 465 g/mol. The molecule has 0 radical (unpaired) electrons. The van der Waals surface area contributed by atoms with Crippen LogP contribution in [-0.4, -0.2) is 36.4 Å². The van der Waals surface area contributed by atoms with Crippen LogP contribution in [0.25, 0.3) is 32.3 Å². The quantitative estimate of drug-likeness (QED) is 0.384. The molecule has 4 aromatic rings. The minimum Gasteiger partial charge on any atom is -0.485 e. The topological polar surface area (TPSA) is 62.7 Å². The van der Waals surface area contributed by atoms with Gasteiger partial charge >= 0.3 is 0 Å². The molecule has 0 spiro atoms. The van der Waals surface area contributed by atoms with Crippen molar-refractivity contribution in [1.82, 2.24) is 9.97 Å². The van der Waals surface area contributed by atoms with Gasteiger partial charge in [0.1, 0.15) is 26.4 Å². The first-order chi connectivity index (χ1) is 15.7. The third kappa shape index (κ3) is 3.22. The van der Waals surface area contributed by atoms with Crippen LogP contribution in [-0.2, 0) is 0 Å². The van der Waals surface area contributed by atoms with E-state index >= 15 is 0 Å². The molecule has 6 nitrogen and oxygen atoms in total. The largest absolute Gasteiger partial charge is 0.485 e. The Morgan fingerprint density at radius 3 is 1.53 bits per heavy atom. The van der Waals surface area contributed by atoms with Gasteiger partial charge in [0.2, 0.25) is 0 Å². The molecular weight excluding hydrogens is 444 g/mol. The lowest BCUT2D eigenvalue weighted by molar-refractivity contribution is 0.174. The Balaban J connectivity index is 1.33. The molecule has 0 atom stereocenters. The summed E-state index contributed by atoms with van der Waals surface area (Å²) in [6.45, 7) is 6.50. The maximum absolute atomic E-state index is 5.85. The van der Waals surface area contributed by atoms with E-state index in [9.17, 15) is 0 Å². The van der Waals surface area contributed by atoms with Crippen molar-refractivity contribution < 1.29 is 18.9 Å². The normalized spacial score (nSPS) is 14.4. The van der Waals surface area contributed by atoms with Gasteiger partial charge in [0.25, 0.3) is 0 Å². The number of hydrogen-bond acceptors (Lipinski definition) is 8. The molecule has 6 rings (SSSR count). The second kappa shape index (κ2) is 7.79. The lowest BCUT2D eigenvalue weighted by atomic mass is 10.0. The number of thiophene rings is 2. The molecule has 0 N–H and O–H groups in total. The molecule has 8 heteroatoms. The summed E-state index contributed by atoms with van der Waals surface area (Å²) in [5, 5.41) is 4.00. The zero-order valence-corrected chi connectivity index (χ0v) is 19.3. The van der Waals surface area contributed by atoms with Crippen molar-refractivity contribution in [3.8, 4) is 55.3 Å². The van der Waals surface area contributed by atoms with Gasteiger partial charge in [-0.25, -0.2) is 0 Å². The third-order valence-corrected chi connectivity index (χ3v) is 7.52. The average Bonchev–Trinajstić information content (AvgIpc) is 3.44. The summed E-state index contributed by atoms with van der Waals surface area (Å²) >= 11 is 3.24. The summed E-state index contributed by atoms with van der Waals surface area (Å²) in [6.07, 6.45) is 3.81. The van der Waals surface area contributed by atoms with Crippen LogP contribution >= 0.6 is 22.7 Å². The van der Waals surface area contributed by atoms with Crippen molar-refractivity contribution in [1.29, 1.82) is 0 Å². The summed E-state index contributed by atoms with van der Waals surface area (Å²) in [4.78, 5) is 11.6. The molecule has 0 aromatic carbocycles. The Morgan fingerprint density at radius 1 is 0.656 bits per heavy atom. The van der Waals surface area contributed by atoms with Crippen molar-refractivity contribution in [3.63, 3.8) is 0 Å². The molecule has 32 heavy (non-hydrogen) atoms. The van der Waals surface area contributed by atoms with Gasteiger partial charge in [-0.1, -0.05) is 0 Å². The third-order valence-electron chi connectivity index (χ3n) is 5.58. The molecule has 162 valence electrons. The highest BCUT2D eigenvalue weighted by atomic mass is 32.1. The number of rotatable bonds is 3. The maximum atomic E-state index is 5.85. The van der Waals surface area contributed by atoms with Gasteiger partial charge in [0, 0.05) is 34.3 Å². The van der Waals surface area contributed by atoms with Crippen LogP contribution < -0.4 is 18.9 Å². The fourth-order valence-electron chi connectivity index (χ4n) is 3.97. The Hall–Kier alpha value is -3.10. The first-order valence-corrected chi connectivity index (χ1v) is 12.1. The Morgan fingerprint density at radius 2 is 1.09 bits per heavy atom. The Labute approximate surface area is 193 Å². The molecule has 0 amide bonds. The van der Waals surface area contributed by atoms with Crippen LogP contribution in [0.2, 0.25) is 0 Å². The summed E-state index contributed by atoms with van der Waals surface area (Å²) in [6, 6.07) is 4.16. The molecule has 0 fully saturated rings. The van der Waals surface area contributed by atoms with E-state index in [4.69, 9.17) is 28.9 Å². The number of hydrogen-bond donors (Lipinski definition) is 0. The van der Waals surface area contributed by atoms with E-state index in [2.05, 4.69) is 26.0 Å². The first kappa shape index (κ1) is 19.6. The van der Waals surface area contributed by atoms with Crippen molar-refractivity contribution >= 4 is 22.7 Å². The molecular formula is C24H20N2O4S2. The van der Waals surface area contributed by atoms with Gasteiger partial charge in [-0.05, 0) is 37.1 Å². The predicted octanol–water partition coefficient (Wildman–Crippen LogP) is 5.76. The van der Waals surface area contributed by atoms with Crippen molar-refractivity contribution in [2.45, 2.75) is 13.8 Å². The summed E-state index contributed by atoms with van der Waals surface area (Å²) in [7, 11) is 0. The SMILES string of the molecule is Cc1cc(-c2cc(C)c(-c3scc4c3OCCO4)cn2)ncc1-c1scc2c1OCCO2.